The van der Waals surface area contributed by atoms with Crippen molar-refractivity contribution in [2.24, 2.45) is 0 Å². The van der Waals surface area contributed by atoms with Crippen molar-refractivity contribution in [3.8, 4) is 11.1 Å². The summed E-state index contributed by atoms with van der Waals surface area (Å²) in [4.78, 5) is 17.5. The van der Waals surface area contributed by atoms with E-state index in [1.54, 1.807) is 23.1 Å². The Kier molecular flexibility index (Phi) is 9.74. The molecule has 1 aliphatic heterocycles. The number of rotatable bonds is 10. The van der Waals surface area contributed by atoms with E-state index in [9.17, 15) is 9.90 Å². The minimum Gasteiger partial charge on any atom is -0.392 e. The maximum Gasteiger partial charge on any atom is 0.251 e. The summed E-state index contributed by atoms with van der Waals surface area (Å²) in [6.07, 6.45) is -0.0350. The molecule has 5 aromatic carbocycles. The maximum atomic E-state index is 12.7. The van der Waals surface area contributed by atoms with E-state index in [1.807, 2.05) is 91.0 Å². The van der Waals surface area contributed by atoms with E-state index >= 15 is 0 Å². The van der Waals surface area contributed by atoms with Crippen LogP contribution in [0, 0.1) is 0 Å². The number of amides is 1. The molecule has 47 heavy (non-hydrogen) atoms. The van der Waals surface area contributed by atoms with E-state index in [2.05, 4.69) is 41.7 Å². The van der Waals surface area contributed by atoms with Gasteiger partial charge >= 0.3 is 0 Å². The van der Waals surface area contributed by atoms with Crippen LogP contribution in [-0.2, 0) is 22.6 Å². The van der Waals surface area contributed by atoms with Gasteiger partial charge in [0, 0.05) is 29.8 Å². The van der Waals surface area contributed by atoms with Gasteiger partial charge in [-0.15, -0.1) is 11.3 Å². The Labute approximate surface area is 282 Å². The summed E-state index contributed by atoms with van der Waals surface area (Å²) in [6.45, 7) is 0.430. The van der Waals surface area contributed by atoms with Gasteiger partial charge < -0.3 is 19.9 Å². The molecule has 0 aliphatic carbocycles. The minimum atomic E-state index is -0.540. The summed E-state index contributed by atoms with van der Waals surface area (Å²) in [5, 5.41) is 12.6. The third-order valence-electron chi connectivity index (χ3n) is 8.27. The van der Waals surface area contributed by atoms with Gasteiger partial charge in [-0.3, -0.25) is 4.79 Å². The molecule has 0 radical (unpaired) electrons. The number of hydrogen-bond donors (Lipinski definition) is 2. The van der Waals surface area contributed by atoms with Crippen LogP contribution in [0.2, 0.25) is 0 Å². The normalized spacial score (nSPS) is 17.9. The molecule has 0 spiro atoms. The second-order valence-corrected chi connectivity index (χ2v) is 13.7. The topological polar surface area (TPSA) is 80.7 Å². The Morgan fingerprint density at radius 2 is 1.55 bits per heavy atom. The van der Waals surface area contributed by atoms with Crippen LogP contribution in [-0.4, -0.2) is 27.9 Å². The van der Waals surface area contributed by atoms with E-state index in [0.29, 0.717) is 18.5 Å². The van der Waals surface area contributed by atoms with Crippen LogP contribution in [0.4, 0.5) is 0 Å². The van der Waals surface area contributed by atoms with E-state index in [-0.39, 0.29) is 24.7 Å². The molecule has 0 bridgehead atoms. The zero-order valence-corrected chi connectivity index (χ0v) is 27.3. The van der Waals surface area contributed by atoms with Crippen molar-refractivity contribution in [2.45, 2.75) is 42.4 Å². The Balaban J connectivity index is 1.08. The van der Waals surface area contributed by atoms with Gasteiger partial charge in [0.1, 0.15) is 0 Å². The fourth-order valence-electron chi connectivity index (χ4n) is 5.74. The third-order valence-corrected chi connectivity index (χ3v) is 10.6. The van der Waals surface area contributed by atoms with Crippen molar-refractivity contribution >= 4 is 39.2 Å². The first-order valence-electron chi connectivity index (χ1n) is 15.6. The van der Waals surface area contributed by atoms with Crippen LogP contribution < -0.4 is 5.32 Å². The van der Waals surface area contributed by atoms with Gasteiger partial charge in [0.2, 0.25) is 0 Å². The first-order chi connectivity index (χ1) is 23.1. The van der Waals surface area contributed by atoms with Crippen LogP contribution >= 0.6 is 23.1 Å². The number of aliphatic hydroxyl groups is 1. The van der Waals surface area contributed by atoms with Crippen molar-refractivity contribution in [2.75, 3.05) is 5.75 Å². The first-order valence-corrected chi connectivity index (χ1v) is 17.4. The van der Waals surface area contributed by atoms with Crippen LogP contribution in [0.3, 0.4) is 0 Å². The summed E-state index contributed by atoms with van der Waals surface area (Å²) in [6, 6.07) is 41.9. The Bertz CT molecular complexity index is 1910. The van der Waals surface area contributed by atoms with Gasteiger partial charge in [-0.25, -0.2) is 4.98 Å². The van der Waals surface area contributed by atoms with Crippen LogP contribution in [0.15, 0.2) is 132 Å². The van der Waals surface area contributed by atoms with Crippen molar-refractivity contribution in [1.29, 1.82) is 0 Å². The lowest BCUT2D eigenvalue weighted by atomic mass is 9.97. The van der Waals surface area contributed by atoms with E-state index in [4.69, 9.17) is 14.5 Å². The zero-order valence-electron chi connectivity index (χ0n) is 25.6. The fourth-order valence-corrected chi connectivity index (χ4v) is 7.85. The molecule has 1 saturated heterocycles. The number of para-hydroxylation sites is 1. The molecule has 6 nitrogen and oxygen atoms in total. The Hall–Kier alpha value is -4.31. The molecule has 1 aromatic heterocycles. The highest BCUT2D eigenvalue weighted by Gasteiger charge is 2.32. The number of ether oxygens (including phenoxy) is 2. The quantitative estimate of drug-likeness (QED) is 0.143. The highest BCUT2D eigenvalue weighted by Crippen LogP contribution is 2.40. The average molecular weight is 659 g/mol. The van der Waals surface area contributed by atoms with Gasteiger partial charge in [-0.05, 0) is 52.1 Å². The number of carbonyl (C=O) groups excluding carboxylic acids is 1. The van der Waals surface area contributed by atoms with Crippen molar-refractivity contribution in [3.05, 3.63) is 155 Å². The molecule has 1 aliphatic rings. The molecule has 0 unspecified atom stereocenters. The van der Waals surface area contributed by atoms with Crippen LogP contribution in [0.1, 0.15) is 51.4 Å². The third kappa shape index (κ3) is 7.48. The summed E-state index contributed by atoms with van der Waals surface area (Å²) >= 11 is 3.43. The predicted octanol–water partition coefficient (Wildman–Crippen LogP) is 8.72. The number of nitrogens with one attached hydrogen (secondary N) is 1. The Morgan fingerprint density at radius 3 is 2.34 bits per heavy atom. The van der Waals surface area contributed by atoms with E-state index in [0.717, 1.165) is 49.0 Å². The number of hydrogen-bond acceptors (Lipinski definition) is 7. The highest BCUT2D eigenvalue weighted by atomic mass is 32.2. The minimum absolute atomic E-state index is 0.00778. The number of aromatic nitrogens is 1. The molecule has 6 aromatic rings. The van der Waals surface area contributed by atoms with E-state index in [1.165, 1.54) is 4.70 Å². The maximum absolute atomic E-state index is 12.7. The largest absolute Gasteiger partial charge is 0.392 e. The predicted molar refractivity (Wildman–Crippen MR) is 188 cm³/mol. The zero-order chi connectivity index (χ0) is 32.0. The molecule has 1 amide bonds. The van der Waals surface area contributed by atoms with E-state index < -0.39 is 6.29 Å². The molecule has 1 fully saturated rings. The molecule has 3 atom stereocenters. The van der Waals surface area contributed by atoms with Crippen molar-refractivity contribution < 1.29 is 19.4 Å². The van der Waals surface area contributed by atoms with Gasteiger partial charge in [0.15, 0.2) is 10.6 Å². The summed E-state index contributed by atoms with van der Waals surface area (Å²) in [5.41, 5.74) is 7.68. The van der Waals surface area contributed by atoms with Gasteiger partial charge in [0.05, 0.1) is 29.0 Å². The lowest BCUT2D eigenvalue weighted by molar-refractivity contribution is -0.245. The molecule has 7 rings (SSSR count). The monoisotopic (exact) mass is 658 g/mol. The number of nitrogens with zero attached hydrogens (tertiary/aromatic N) is 1. The number of benzene rings is 5. The van der Waals surface area contributed by atoms with Gasteiger partial charge in [-0.1, -0.05) is 115 Å². The molecular weight excluding hydrogens is 625 g/mol. The molecular formula is C39H34N2O4S2. The summed E-state index contributed by atoms with van der Waals surface area (Å²) in [7, 11) is 0. The van der Waals surface area contributed by atoms with Crippen molar-refractivity contribution in [1.82, 2.24) is 10.3 Å². The molecule has 0 saturated carbocycles. The lowest BCUT2D eigenvalue weighted by Gasteiger charge is -2.36. The number of aliphatic hydroxyl groups excluding tert-OH is 1. The molecule has 2 N–H and O–H groups in total. The summed E-state index contributed by atoms with van der Waals surface area (Å²) < 4.78 is 15.4. The molecule has 236 valence electrons. The number of carbonyl (C=O) groups is 1. The standard InChI is InChI=1S/C39H34N2O4S2/c42-24-26-14-16-28(17-15-26)35-22-32(25-46-39-41-34-12-6-7-13-36(34)47-39)44-38(45-35)30-20-18-27(19-21-30)33-11-5-4-10-31(33)23-40-37(43)29-8-2-1-3-9-29/h1-21,32,35,38,42H,22-25H2,(H,40,43)/t32-,35+,38+/m0/s1. The second kappa shape index (κ2) is 14.6. The van der Waals surface area contributed by atoms with Crippen LogP contribution in [0.5, 0.6) is 0 Å². The molecule has 2 heterocycles. The Morgan fingerprint density at radius 1 is 0.830 bits per heavy atom. The first kappa shape index (κ1) is 31.3. The number of fused-ring (bicyclic) bond motifs is 1. The van der Waals surface area contributed by atoms with Crippen molar-refractivity contribution in [3.63, 3.8) is 0 Å². The SMILES string of the molecule is O=C(NCc1ccccc1-c1ccc([C@@H]2O[C@H](CSc3nc4ccccc4s3)C[C@H](c3ccc(CO)cc3)O2)cc1)c1ccccc1. The molecule has 8 heteroatoms. The lowest BCUT2D eigenvalue weighted by Crippen LogP contribution is -2.31. The number of thiazole rings is 1. The second-order valence-electron chi connectivity index (χ2n) is 11.4. The highest BCUT2D eigenvalue weighted by molar-refractivity contribution is 8.01. The smallest absolute Gasteiger partial charge is 0.251 e. The average Bonchev–Trinajstić information content (AvgIpc) is 3.57. The van der Waals surface area contributed by atoms with Crippen LogP contribution in [0.25, 0.3) is 21.3 Å². The van der Waals surface area contributed by atoms with Gasteiger partial charge in [-0.2, -0.15) is 0 Å². The summed E-state index contributed by atoms with van der Waals surface area (Å²) in [5.74, 6) is 0.657. The fraction of sp³-hybridized carbons (Fsp3) is 0.179. The van der Waals surface area contributed by atoms with Gasteiger partial charge in [0.25, 0.3) is 5.91 Å². The number of thioether (sulfide) groups is 1.